The van der Waals surface area contributed by atoms with Gasteiger partial charge in [-0.3, -0.25) is 4.98 Å². The van der Waals surface area contributed by atoms with E-state index < -0.39 is 0 Å². The van der Waals surface area contributed by atoms with Crippen LogP contribution in [0.25, 0.3) is 0 Å². The van der Waals surface area contributed by atoms with E-state index in [2.05, 4.69) is 10.3 Å². The Hall–Kier alpha value is -1.09. The van der Waals surface area contributed by atoms with E-state index in [1.165, 1.54) is 0 Å². The van der Waals surface area contributed by atoms with Gasteiger partial charge in [-0.15, -0.1) is 0 Å². The fraction of sp³-hybridized carbons (Fsp3) is 0.545. The third-order valence-electron chi connectivity index (χ3n) is 1.97. The van der Waals surface area contributed by atoms with E-state index in [9.17, 15) is 0 Å². The van der Waals surface area contributed by atoms with Gasteiger partial charge in [0.25, 0.3) is 0 Å². The quantitative estimate of drug-likeness (QED) is 0.701. The Labute approximate surface area is 85.5 Å². The first kappa shape index (κ1) is 11.0. The van der Waals surface area contributed by atoms with Crippen LogP contribution in [0.4, 0.5) is 0 Å². The largest absolute Gasteiger partial charge is 0.492 e. The molecule has 1 rings (SSSR count). The molecule has 0 bridgehead atoms. The highest BCUT2D eigenvalue weighted by Crippen LogP contribution is 2.08. The number of aromatic nitrogens is 1. The SMILES string of the molecule is CNCCCCOc1ccc(C)nc1. The number of nitrogens with zero attached hydrogens (tertiary/aromatic N) is 1. The fourth-order valence-electron chi connectivity index (χ4n) is 1.13. The second-order valence-corrected chi connectivity index (χ2v) is 3.29. The Kier molecular flexibility index (Phi) is 5.00. The highest BCUT2D eigenvalue weighted by atomic mass is 16.5. The van der Waals surface area contributed by atoms with Gasteiger partial charge in [0.05, 0.1) is 12.8 Å². The van der Waals surface area contributed by atoms with E-state index in [1.807, 2.05) is 26.1 Å². The van der Waals surface area contributed by atoms with Crippen molar-refractivity contribution in [3.05, 3.63) is 24.0 Å². The number of pyridine rings is 1. The molecule has 0 atom stereocenters. The smallest absolute Gasteiger partial charge is 0.137 e. The standard InChI is InChI=1S/C11H18N2O/c1-10-5-6-11(9-13-10)14-8-4-3-7-12-2/h5-6,9,12H,3-4,7-8H2,1-2H3. The molecular weight excluding hydrogens is 176 g/mol. The van der Waals surface area contributed by atoms with Crippen LogP contribution in [0.2, 0.25) is 0 Å². The highest BCUT2D eigenvalue weighted by Gasteiger charge is 1.93. The lowest BCUT2D eigenvalue weighted by molar-refractivity contribution is 0.305. The van der Waals surface area contributed by atoms with Gasteiger partial charge in [-0.1, -0.05) is 0 Å². The summed E-state index contributed by atoms with van der Waals surface area (Å²) in [5.41, 5.74) is 1.02. The third-order valence-corrected chi connectivity index (χ3v) is 1.97. The summed E-state index contributed by atoms with van der Waals surface area (Å²) in [6.45, 7) is 3.79. The van der Waals surface area contributed by atoms with Crippen LogP contribution in [0.15, 0.2) is 18.3 Å². The van der Waals surface area contributed by atoms with Crippen LogP contribution < -0.4 is 10.1 Å². The maximum atomic E-state index is 5.52. The molecule has 1 N–H and O–H groups in total. The lowest BCUT2D eigenvalue weighted by Gasteiger charge is -2.05. The van der Waals surface area contributed by atoms with Gasteiger partial charge < -0.3 is 10.1 Å². The van der Waals surface area contributed by atoms with Crippen molar-refractivity contribution in [3.8, 4) is 5.75 Å². The molecule has 0 radical (unpaired) electrons. The molecule has 0 spiro atoms. The molecule has 0 amide bonds. The number of ether oxygens (including phenoxy) is 1. The van der Waals surface area contributed by atoms with Crippen molar-refractivity contribution in [2.45, 2.75) is 19.8 Å². The number of hydrogen-bond acceptors (Lipinski definition) is 3. The minimum Gasteiger partial charge on any atom is -0.492 e. The van der Waals surface area contributed by atoms with Crippen molar-refractivity contribution in [2.75, 3.05) is 20.2 Å². The van der Waals surface area contributed by atoms with Gasteiger partial charge in [0.15, 0.2) is 0 Å². The molecule has 1 heterocycles. The van der Waals surface area contributed by atoms with Gasteiger partial charge in [0.2, 0.25) is 0 Å². The van der Waals surface area contributed by atoms with Crippen molar-refractivity contribution in [1.29, 1.82) is 0 Å². The lowest BCUT2D eigenvalue weighted by atomic mass is 10.3. The molecule has 3 nitrogen and oxygen atoms in total. The summed E-state index contributed by atoms with van der Waals surface area (Å²) in [6.07, 6.45) is 4.00. The Morgan fingerprint density at radius 2 is 2.21 bits per heavy atom. The van der Waals surface area contributed by atoms with Crippen molar-refractivity contribution in [3.63, 3.8) is 0 Å². The molecule has 0 aromatic carbocycles. The average Bonchev–Trinajstić information content (AvgIpc) is 2.21. The summed E-state index contributed by atoms with van der Waals surface area (Å²) in [5, 5.41) is 3.11. The van der Waals surface area contributed by atoms with Crippen LogP contribution in [-0.2, 0) is 0 Å². The normalized spacial score (nSPS) is 10.1. The number of rotatable bonds is 6. The van der Waals surface area contributed by atoms with Crippen LogP contribution in [0.1, 0.15) is 18.5 Å². The summed E-state index contributed by atoms with van der Waals surface area (Å²) in [7, 11) is 1.96. The minimum atomic E-state index is 0.770. The zero-order valence-corrected chi connectivity index (χ0v) is 8.92. The van der Waals surface area contributed by atoms with Crippen molar-refractivity contribution in [2.24, 2.45) is 0 Å². The number of nitrogens with one attached hydrogen (secondary N) is 1. The van der Waals surface area contributed by atoms with Crippen LogP contribution in [-0.4, -0.2) is 25.2 Å². The van der Waals surface area contributed by atoms with Gasteiger partial charge in [-0.05, 0) is 45.5 Å². The summed E-state index contributed by atoms with van der Waals surface area (Å²) in [5.74, 6) is 0.861. The maximum Gasteiger partial charge on any atom is 0.137 e. The zero-order chi connectivity index (χ0) is 10.2. The van der Waals surface area contributed by atoms with Crippen molar-refractivity contribution in [1.82, 2.24) is 10.3 Å². The Morgan fingerprint density at radius 3 is 2.86 bits per heavy atom. The first-order valence-electron chi connectivity index (χ1n) is 5.03. The molecule has 0 saturated heterocycles. The van der Waals surface area contributed by atoms with Crippen LogP contribution in [0.3, 0.4) is 0 Å². The average molecular weight is 194 g/mol. The van der Waals surface area contributed by atoms with Gasteiger partial charge >= 0.3 is 0 Å². The number of unbranched alkanes of at least 4 members (excludes halogenated alkanes) is 1. The molecule has 0 aliphatic rings. The third kappa shape index (κ3) is 4.23. The highest BCUT2D eigenvalue weighted by molar-refractivity contribution is 5.18. The van der Waals surface area contributed by atoms with E-state index in [4.69, 9.17) is 4.74 Å². The monoisotopic (exact) mass is 194 g/mol. The molecule has 1 aromatic rings. The van der Waals surface area contributed by atoms with E-state index in [0.717, 1.165) is 37.4 Å². The Balaban J connectivity index is 2.15. The Morgan fingerprint density at radius 1 is 1.36 bits per heavy atom. The predicted octanol–water partition coefficient (Wildman–Crippen LogP) is 1.77. The maximum absolute atomic E-state index is 5.52. The molecule has 78 valence electrons. The summed E-state index contributed by atoms with van der Waals surface area (Å²) in [4.78, 5) is 4.16. The second kappa shape index (κ2) is 6.38. The second-order valence-electron chi connectivity index (χ2n) is 3.29. The molecule has 0 fully saturated rings. The number of hydrogen-bond donors (Lipinski definition) is 1. The topological polar surface area (TPSA) is 34.1 Å². The van der Waals surface area contributed by atoms with E-state index in [1.54, 1.807) is 6.20 Å². The molecular formula is C11H18N2O. The molecule has 0 unspecified atom stereocenters. The number of aryl methyl sites for hydroxylation is 1. The summed E-state index contributed by atoms with van der Waals surface area (Å²) >= 11 is 0. The van der Waals surface area contributed by atoms with Gasteiger partial charge in [0, 0.05) is 5.69 Å². The first-order valence-corrected chi connectivity index (χ1v) is 5.03. The van der Waals surface area contributed by atoms with Crippen LogP contribution in [0, 0.1) is 6.92 Å². The van der Waals surface area contributed by atoms with Gasteiger partial charge in [-0.25, -0.2) is 0 Å². The minimum absolute atomic E-state index is 0.770. The van der Waals surface area contributed by atoms with Crippen LogP contribution in [0.5, 0.6) is 5.75 Å². The molecule has 0 aliphatic carbocycles. The van der Waals surface area contributed by atoms with Crippen molar-refractivity contribution < 1.29 is 4.74 Å². The van der Waals surface area contributed by atoms with E-state index in [0.29, 0.717) is 0 Å². The van der Waals surface area contributed by atoms with Gasteiger partial charge in [0.1, 0.15) is 5.75 Å². The molecule has 0 aliphatic heterocycles. The van der Waals surface area contributed by atoms with Gasteiger partial charge in [-0.2, -0.15) is 0 Å². The molecule has 3 heteroatoms. The van der Waals surface area contributed by atoms with Crippen LogP contribution >= 0.6 is 0 Å². The lowest BCUT2D eigenvalue weighted by Crippen LogP contribution is -2.09. The zero-order valence-electron chi connectivity index (χ0n) is 8.92. The summed E-state index contributed by atoms with van der Waals surface area (Å²) in [6, 6.07) is 3.92. The first-order chi connectivity index (χ1) is 6.83. The molecule has 1 aromatic heterocycles. The fourth-order valence-corrected chi connectivity index (χ4v) is 1.13. The predicted molar refractivity (Wildman–Crippen MR) is 57.6 cm³/mol. The molecule has 14 heavy (non-hydrogen) atoms. The van der Waals surface area contributed by atoms with Crippen molar-refractivity contribution >= 4 is 0 Å². The van der Waals surface area contributed by atoms with E-state index >= 15 is 0 Å². The molecule has 0 saturated carbocycles. The summed E-state index contributed by atoms with van der Waals surface area (Å²) < 4.78 is 5.52. The van der Waals surface area contributed by atoms with E-state index in [-0.39, 0.29) is 0 Å². The Bertz CT molecular complexity index is 246.